The summed E-state index contributed by atoms with van der Waals surface area (Å²) in [7, 11) is 1.58. The van der Waals surface area contributed by atoms with Gasteiger partial charge in [0.15, 0.2) is 5.76 Å². The van der Waals surface area contributed by atoms with Gasteiger partial charge in [-0.2, -0.15) is 0 Å². The fourth-order valence-corrected chi connectivity index (χ4v) is 5.03. The first-order valence-electron chi connectivity index (χ1n) is 11.9. The Hall–Kier alpha value is -3.46. The number of benzene rings is 1. The molecule has 2 aliphatic heterocycles. The Morgan fingerprint density at radius 3 is 2.40 bits per heavy atom. The van der Waals surface area contributed by atoms with Crippen LogP contribution in [0.3, 0.4) is 0 Å². The summed E-state index contributed by atoms with van der Waals surface area (Å²) < 4.78 is 10.3. The maximum Gasteiger partial charge on any atom is 0.289 e. The molecule has 4 amide bonds. The van der Waals surface area contributed by atoms with Gasteiger partial charge in [-0.1, -0.05) is 24.3 Å². The Labute approximate surface area is 204 Å². The Morgan fingerprint density at radius 1 is 1.03 bits per heavy atom. The van der Waals surface area contributed by atoms with E-state index in [4.69, 9.17) is 9.15 Å². The van der Waals surface area contributed by atoms with Crippen molar-refractivity contribution in [3.63, 3.8) is 0 Å². The molecule has 4 rings (SSSR count). The first-order chi connectivity index (χ1) is 16.9. The highest BCUT2D eigenvalue weighted by molar-refractivity contribution is 6.11. The van der Waals surface area contributed by atoms with Crippen molar-refractivity contribution in [1.29, 1.82) is 0 Å². The number of ether oxygens (including phenoxy) is 1. The summed E-state index contributed by atoms with van der Waals surface area (Å²) in [5.41, 5.74) is 0.356. The second-order valence-corrected chi connectivity index (χ2v) is 9.10. The number of imide groups is 1. The van der Waals surface area contributed by atoms with Gasteiger partial charge in [-0.05, 0) is 36.6 Å². The predicted molar refractivity (Wildman–Crippen MR) is 126 cm³/mol. The van der Waals surface area contributed by atoms with Gasteiger partial charge >= 0.3 is 0 Å². The van der Waals surface area contributed by atoms with Crippen LogP contribution >= 0.6 is 0 Å². The average Bonchev–Trinajstić information content (AvgIpc) is 3.48. The zero-order valence-corrected chi connectivity index (χ0v) is 20.2. The molecule has 2 aliphatic rings. The number of aryl methyl sites for hydroxylation is 1. The third-order valence-electron chi connectivity index (χ3n) is 6.90. The minimum Gasteiger partial charge on any atom is -0.459 e. The van der Waals surface area contributed by atoms with Crippen LogP contribution in [0.25, 0.3) is 0 Å². The fraction of sp³-hybridized carbons (Fsp3) is 0.462. The van der Waals surface area contributed by atoms with Crippen molar-refractivity contribution in [2.45, 2.75) is 31.6 Å². The molecule has 0 N–H and O–H groups in total. The highest BCUT2D eigenvalue weighted by atomic mass is 16.5. The van der Waals surface area contributed by atoms with E-state index >= 15 is 0 Å². The number of rotatable bonds is 8. The third kappa shape index (κ3) is 4.86. The first kappa shape index (κ1) is 24.7. The molecule has 0 unspecified atom stereocenters. The molecular formula is C26H31N3O6. The Balaban J connectivity index is 1.51. The van der Waals surface area contributed by atoms with E-state index in [9.17, 15) is 19.2 Å². The zero-order chi connectivity index (χ0) is 25.0. The van der Waals surface area contributed by atoms with E-state index in [1.807, 2.05) is 31.2 Å². The number of methoxy groups -OCH3 is 1. The van der Waals surface area contributed by atoms with Gasteiger partial charge in [-0.25, -0.2) is 0 Å². The fourth-order valence-electron chi connectivity index (χ4n) is 5.03. The highest BCUT2D eigenvalue weighted by Gasteiger charge is 2.54. The summed E-state index contributed by atoms with van der Waals surface area (Å²) in [4.78, 5) is 57.3. The van der Waals surface area contributed by atoms with Crippen molar-refractivity contribution in [3.05, 3.63) is 59.5 Å². The lowest BCUT2D eigenvalue weighted by atomic mass is 9.74. The summed E-state index contributed by atoms with van der Waals surface area (Å²) in [6.45, 7) is 4.06. The molecule has 2 saturated heterocycles. The highest BCUT2D eigenvalue weighted by Crippen LogP contribution is 2.41. The van der Waals surface area contributed by atoms with E-state index < -0.39 is 5.41 Å². The number of furan rings is 1. The van der Waals surface area contributed by atoms with Crippen molar-refractivity contribution in [2.24, 2.45) is 0 Å². The number of piperazine rings is 1. The van der Waals surface area contributed by atoms with E-state index in [0.29, 0.717) is 44.8 Å². The second kappa shape index (κ2) is 10.4. The van der Waals surface area contributed by atoms with Gasteiger partial charge < -0.3 is 19.0 Å². The topological polar surface area (TPSA) is 100 Å². The van der Waals surface area contributed by atoms with Gasteiger partial charge in [-0.15, -0.1) is 0 Å². The smallest absolute Gasteiger partial charge is 0.289 e. The van der Waals surface area contributed by atoms with Crippen LogP contribution in [0.15, 0.2) is 47.1 Å². The molecule has 35 heavy (non-hydrogen) atoms. The molecule has 1 aromatic carbocycles. The summed E-state index contributed by atoms with van der Waals surface area (Å²) in [6.07, 6.45) is 1.87. The van der Waals surface area contributed by atoms with Crippen LogP contribution in [0.4, 0.5) is 0 Å². The van der Waals surface area contributed by atoms with E-state index in [-0.39, 0.29) is 48.8 Å². The van der Waals surface area contributed by atoms with E-state index in [0.717, 1.165) is 5.56 Å². The van der Waals surface area contributed by atoms with Gasteiger partial charge in [0.2, 0.25) is 17.7 Å². The van der Waals surface area contributed by atoms with E-state index in [2.05, 4.69) is 0 Å². The molecule has 186 valence electrons. The summed E-state index contributed by atoms with van der Waals surface area (Å²) >= 11 is 0. The van der Waals surface area contributed by atoms with Gasteiger partial charge in [0, 0.05) is 59.3 Å². The number of nitrogens with zero attached hydrogens (tertiary/aromatic N) is 3. The van der Waals surface area contributed by atoms with Gasteiger partial charge in [0.1, 0.15) is 0 Å². The predicted octanol–water partition coefficient (Wildman–Crippen LogP) is 2.00. The lowest BCUT2D eigenvalue weighted by Crippen LogP contribution is -2.52. The summed E-state index contributed by atoms with van der Waals surface area (Å²) in [5.74, 6) is -0.726. The molecule has 0 saturated carbocycles. The number of hydrogen-bond donors (Lipinski definition) is 0. The Kier molecular flexibility index (Phi) is 7.35. The molecule has 2 aromatic rings. The van der Waals surface area contributed by atoms with Crippen molar-refractivity contribution >= 4 is 23.6 Å². The monoisotopic (exact) mass is 481 g/mol. The molecule has 0 aliphatic carbocycles. The molecule has 0 radical (unpaired) electrons. The van der Waals surface area contributed by atoms with Crippen molar-refractivity contribution < 1.29 is 28.3 Å². The number of amides is 4. The number of likely N-dealkylation sites (tertiary alicyclic amines) is 1. The zero-order valence-electron chi connectivity index (χ0n) is 20.2. The molecule has 1 atom stereocenters. The molecule has 1 aromatic heterocycles. The quantitative estimate of drug-likeness (QED) is 0.422. The van der Waals surface area contributed by atoms with Crippen LogP contribution in [0.5, 0.6) is 0 Å². The summed E-state index contributed by atoms with van der Waals surface area (Å²) in [6, 6.07) is 10.7. The molecule has 9 heteroatoms. The number of carbonyl (C=O) groups excluding carboxylic acids is 4. The SMILES string of the molecule is COCCCN1C(=O)C[C@](CC(=O)N2CCN(C(=O)c3ccco3)CC2)(c2ccccc2C)C1=O. The molecule has 2 fully saturated rings. The van der Waals surface area contributed by atoms with Gasteiger partial charge in [0.25, 0.3) is 5.91 Å². The number of hydrogen-bond acceptors (Lipinski definition) is 6. The minimum absolute atomic E-state index is 0.0354. The van der Waals surface area contributed by atoms with Crippen LogP contribution < -0.4 is 0 Å². The normalized spacial score (nSPS) is 20.6. The lowest BCUT2D eigenvalue weighted by molar-refractivity contribution is -0.143. The lowest BCUT2D eigenvalue weighted by Gasteiger charge is -2.36. The third-order valence-corrected chi connectivity index (χ3v) is 6.90. The van der Waals surface area contributed by atoms with Crippen molar-refractivity contribution in [1.82, 2.24) is 14.7 Å². The average molecular weight is 482 g/mol. The molecular weight excluding hydrogens is 450 g/mol. The van der Waals surface area contributed by atoms with Gasteiger partial charge in [0.05, 0.1) is 11.7 Å². The largest absolute Gasteiger partial charge is 0.459 e. The Bertz CT molecular complexity index is 1090. The van der Waals surface area contributed by atoms with E-state index in [1.165, 1.54) is 11.2 Å². The van der Waals surface area contributed by atoms with Crippen LogP contribution in [0.2, 0.25) is 0 Å². The van der Waals surface area contributed by atoms with Crippen LogP contribution in [-0.4, -0.2) is 84.8 Å². The molecule has 0 spiro atoms. The van der Waals surface area contributed by atoms with Gasteiger partial charge in [-0.3, -0.25) is 24.1 Å². The molecule has 0 bridgehead atoms. The molecule has 9 nitrogen and oxygen atoms in total. The van der Waals surface area contributed by atoms with Crippen LogP contribution in [-0.2, 0) is 24.5 Å². The first-order valence-corrected chi connectivity index (χ1v) is 11.9. The van der Waals surface area contributed by atoms with Crippen LogP contribution in [0.1, 0.15) is 40.9 Å². The van der Waals surface area contributed by atoms with E-state index in [1.54, 1.807) is 29.0 Å². The minimum atomic E-state index is -1.23. The van der Waals surface area contributed by atoms with Crippen molar-refractivity contribution in [2.75, 3.05) is 46.4 Å². The number of carbonyl (C=O) groups is 4. The second-order valence-electron chi connectivity index (χ2n) is 9.10. The summed E-state index contributed by atoms with van der Waals surface area (Å²) in [5, 5.41) is 0. The maximum absolute atomic E-state index is 13.7. The Morgan fingerprint density at radius 2 is 1.74 bits per heavy atom. The molecule has 3 heterocycles. The standard InChI is InChI=1S/C26H31N3O6/c1-19-7-3-4-8-20(19)26(18-23(31)29(25(26)33)10-6-15-34-2)17-22(30)27-11-13-28(14-12-27)24(32)21-9-5-16-35-21/h3-5,7-9,16H,6,10-15,17-18H2,1-2H3/t26-/m1/s1. The van der Waals surface area contributed by atoms with Crippen LogP contribution in [0, 0.1) is 6.92 Å². The maximum atomic E-state index is 13.7. The van der Waals surface area contributed by atoms with Crippen molar-refractivity contribution in [3.8, 4) is 0 Å².